The number of esters is 1. The van der Waals surface area contributed by atoms with Gasteiger partial charge < -0.3 is 24.1 Å². The third-order valence-corrected chi connectivity index (χ3v) is 9.67. The number of hydrogen-bond donors (Lipinski definition) is 2. The second-order valence-electron chi connectivity index (χ2n) is 11.7. The molecule has 184 valence electrons. The second-order valence-corrected chi connectivity index (χ2v) is 11.7. The van der Waals surface area contributed by atoms with Gasteiger partial charge in [-0.05, 0) is 51.0 Å². The first-order chi connectivity index (χ1) is 15.7. The van der Waals surface area contributed by atoms with Crippen LogP contribution in [0.5, 0.6) is 0 Å². The molecule has 2 aliphatic heterocycles. The predicted molar refractivity (Wildman–Crippen MR) is 118 cm³/mol. The van der Waals surface area contributed by atoms with Gasteiger partial charge in [-0.2, -0.15) is 0 Å². The summed E-state index contributed by atoms with van der Waals surface area (Å²) in [5.74, 6) is -2.50. The van der Waals surface area contributed by atoms with Gasteiger partial charge in [0.1, 0.15) is 17.5 Å². The number of aliphatic hydroxyl groups is 1. The molecule has 0 bridgehead atoms. The number of allylic oxidation sites excluding steroid dienone is 1. The summed E-state index contributed by atoms with van der Waals surface area (Å²) in [7, 11) is 0. The van der Waals surface area contributed by atoms with E-state index < -0.39 is 57.5 Å². The van der Waals surface area contributed by atoms with E-state index in [0.717, 1.165) is 11.6 Å². The largest absolute Gasteiger partial charge is 0.478 e. The van der Waals surface area contributed by atoms with Crippen LogP contribution in [0.1, 0.15) is 65.5 Å². The topological polar surface area (TPSA) is 127 Å². The molecule has 2 saturated heterocycles. The van der Waals surface area contributed by atoms with E-state index in [1.807, 2.05) is 20.8 Å². The first-order valence-electron chi connectivity index (χ1n) is 11.8. The van der Waals surface area contributed by atoms with Gasteiger partial charge in [0.2, 0.25) is 0 Å². The molecule has 2 saturated carbocycles. The summed E-state index contributed by atoms with van der Waals surface area (Å²) >= 11 is 0. The van der Waals surface area contributed by atoms with Crippen LogP contribution in [0.15, 0.2) is 35.2 Å². The summed E-state index contributed by atoms with van der Waals surface area (Å²) in [5, 5.41) is 20.5. The van der Waals surface area contributed by atoms with Crippen molar-refractivity contribution in [2.75, 3.05) is 0 Å². The van der Waals surface area contributed by atoms with E-state index in [1.165, 1.54) is 6.26 Å². The van der Waals surface area contributed by atoms with Crippen molar-refractivity contribution in [2.45, 2.75) is 77.3 Å². The van der Waals surface area contributed by atoms with Gasteiger partial charge in [-0.25, -0.2) is 9.59 Å². The predicted octanol–water partition coefficient (Wildman–Crippen LogP) is 3.44. The zero-order valence-corrected chi connectivity index (χ0v) is 20.2. The van der Waals surface area contributed by atoms with Crippen LogP contribution in [0.2, 0.25) is 0 Å². The summed E-state index contributed by atoms with van der Waals surface area (Å²) in [6, 6.07) is 1.76. The van der Waals surface area contributed by atoms with Crippen molar-refractivity contribution in [3.8, 4) is 0 Å². The van der Waals surface area contributed by atoms with Crippen LogP contribution in [0, 0.1) is 28.1 Å². The van der Waals surface area contributed by atoms with Crippen LogP contribution in [-0.4, -0.2) is 45.2 Å². The molecular weight excluding hydrogens is 440 g/mol. The maximum atomic E-state index is 14.1. The molecule has 2 aliphatic carbocycles. The molecule has 5 rings (SSSR count). The van der Waals surface area contributed by atoms with Gasteiger partial charge in [-0.3, -0.25) is 4.79 Å². The molecule has 0 radical (unpaired) electrons. The van der Waals surface area contributed by atoms with Gasteiger partial charge in [-0.15, -0.1) is 0 Å². The van der Waals surface area contributed by atoms with Gasteiger partial charge in [0.05, 0.1) is 23.5 Å². The van der Waals surface area contributed by atoms with Crippen molar-refractivity contribution in [3.05, 3.63) is 36.3 Å². The minimum atomic E-state index is -1.22. The number of carboxylic acids is 1. The highest BCUT2D eigenvalue weighted by Crippen LogP contribution is 2.78. The van der Waals surface area contributed by atoms with Crippen LogP contribution in [0.3, 0.4) is 0 Å². The minimum absolute atomic E-state index is 0.0519. The molecule has 0 amide bonds. The van der Waals surface area contributed by atoms with Crippen LogP contribution in [0.4, 0.5) is 0 Å². The van der Waals surface area contributed by atoms with Crippen molar-refractivity contribution in [3.63, 3.8) is 0 Å². The van der Waals surface area contributed by atoms with Gasteiger partial charge in [-0.1, -0.05) is 19.9 Å². The number of Topliss-reactive ketones (excluding diaryl/α,β-unsaturated/α-hetero) is 1. The van der Waals surface area contributed by atoms with Crippen LogP contribution in [-0.2, 0) is 23.9 Å². The average molecular weight is 473 g/mol. The Bertz CT molecular complexity index is 1080. The Morgan fingerprint density at radius 1 is 1.21 bits per heavy atom. The number of carbonyl (C=O) groups excluding carboxylic acids is 2. The monoisotopic (exact) mass is 472 g/mol. The van der Waals surface area contributed by atoms with Crippen molar-refractivity contribution < 1.29 is 38.5 Å². The lowest BCUT2D eigenvalue weighted by Crippen LogP contribution is -2.71. The lowest BCUT2D eigenvalue weighted by atomic mass is 9.37. The Labute approximate surface area is 198 Å². The molecule has 1 spiro atoms. The molecule has 2 N–H and O–H groups in total. The van der Waals surface area contributed by atoms with E-state index in [-0.39, 0.29) is 18.1 Å². The number of aliphatic carboxylic acids is 1. The molecule has 8 heteroatoms. The third-order valence-electron chi connectivity index (χ3n) is 9.67. The number of hydrogen-bond acceptors (Lipinski definition) is 7. The summed E-state index contributed by atoms with van der Waals surface area (Å²) in [4.78, 5) is 38.6. The molecule has 3 heterocycles. The van der Waals surface area contributed by atoms with E-state index >= 15 is 0 Å². The number of rotatable bonds is 4. The zero-order valence-electron chi connectivity index (χ0n) is 20.2. The molecule has 4 aliphatic rings. The normalized spacial score (nSPS) is 45.8. The molecule has 8 atom stereocenters. The minimum Gasteiger partial charge on any atom is -0.478 e. The Morgan fingerprint density at radius 3 is 2.50 bits per heavy atom. The summed E-state index contributed by atoms with van der Waals surface area (Å²) in [6.45, 7) is 9.13. The summed E-state index contributed by atoms with van der Waals surface area (Å²) in [5.41, 5.74) is -4.17. The molecule has 8 nitrogen and oxygen atoms in total. The fourth-order valence-corrected chi connectivity index (χ4v) is 8.15. The smallest absolute Gasteiger partial charge is 0.339 e. The summed E-state index contributed by atoms with van der Waals surface area (Å²) in [6.07, 6.45) is 5.56. The van der Waals surface area contributed by atoms with E-state index in [2.05, 4.69) is 0 Å². The van der Waals surface area contributed by atoms with Crippen LogP contribution >= 0.6 is 0 Å². The number of cyclic esters (lactones) is 1. The Morgan fingerprint density at radius 2 is 1.91 bits per heavy atom. The molecule has 1 aromatic rings. The van der Waals surface area contributed by atoms with Crippen molar-refractivity contribution in [1.29, 1.82) is 0 Å². The average Bonchev–Trinajstić information content (AvgIpc) is 3.31. The quantitative estimate of drug-likeness (QED) is 0.388. The Kier molecular flexibility index (Phi) is 4.67. The van der Waals surface area contributed by atoms with Gasteiger partial charge in [0.15, 0.2) is 6.10 Å². The van der Waals surface area contributed by atoms with E-state index in [9.17, 15) is 24.6 Å². The fourth-order valence-electron chi connectivity index (χ4n) is 8.15. The lowest BCUT2D eigenvalue weighted by Gasteiger charge is -2.65. The highest BCUT2D eigenvalue weighted by atomic mass is 16.7. The van der Waals surface area contributed by atoms with E-state index in [1.54, 1.807) is 32.3 Å². The zero-order chi connectivity index (χ0) is 24.9. The second kappa shape index (κ2) is 6.82. The molecule has 34 heavy (non-hydrogen) atoms. The van der Waals surface area contributed by atoms with Gasteiger partial charge in [0, 0.05) is 29.4 Å². The Hall–Kier alpha value is -2.45. The Balaban J connectivity index is 1.69. The molecule has 0 aromatic carbocycles. The number of epoxide rings is 1. The molecule has 4 fully saturated rings. The lowest BCUT2D eigenvalue weighted by molar-refractivity contribution is -0.213. The number of carbonyl (C=O) groups is 3. The SMILES string of the molecule is CC(C)(O)[C@@H]1CC(=O)[C@]2(C)[C@H](CC[C@@]3(C)C(c4ccoc4)OC(=O)[C@H]4O[C@]432)[C@@]1(C)C=CC(=O)O. The van der Waals surface area contributed by atoms with Gasteiger partial charge >= 0.3 is 11.9 Å². The number of ketones is 1. The number of furan rings is 1. The first kappa shape index (κ1) is 23.3. The highest BCUT2D eigenvalue weighted by Gasteiger charge is 2.88. The number of fused-ring (bicyclic) bond motifs is 1. The van der Waals surface area contributed by atoms with Crippen LogP contribution < -0.4 is 0 Å². The standard InChI is InChI=1S/C26H32O8/c1-22(2,31)16-12-17(27)25(5)15(23(16,3)9-7-18(28)29)6-10-24(4)19(14-8-11-32-13-14)33-21(30)20-26(24,25)34-20/h7-9,11,13,15-16,19-20,31H,6,10,12H2,1-5H3,(H,28,29)/t15-,16+,19?,20-,23-,24+,25+,26-/m1/s1. The van der Waals surface area contributed by atoms with Crippen molar-refractivity contribution in [2.24, 2.45) is 28.1 Å². The molecular formula is C26H32O8. The molecule has 1 aromatic heterocycles. The fraction of sp³-hybridized carbons (Fsp3) is 0.654. The van der Waals surface area contributed by atoms with E-state index in [4.69, 9.17) is 13.9 Å². The maximum Gasteiger partial charge on any atom is 0.339 e. The van der Waals surface area contributed by atoms with Crippen molar-refractivity contribution in [1.82, 2.24) is 0 Å². The first-order valence-corrected chi connectivity index (χ1v) is 11.8. The van der Waals surface area contributed by atoms with Crippen LogP contribution in [0.25, 0.3) is 0 Å². The highest BCUT2D eigenvalue weighted by molar-refractivity contribution is 5.93. The van der Waals surface area contributed by atoms with E-state index in [0.29, 0.717) is 12.8 Å². The van der Waals surface area contributed by atoms with Gasteiger partial charge in [0.25, 0.3) is 0 Å². The molecule has 1 unspecified atom stereocenters. The number of ether oxygens (including phenoxy) is 2. The third kappa shape index (κ3) is 2.64. The maximum absolute atomic E-state index is 14.1. The summed E-state index contributed by atoms with van der Waals surface area (Å²) < 4.78 is 17.4. The number of carboxylic acid groups (broad SMARTS) is 1. The van der Waals surface area contributed by atoms with Crippen molar-refractivity contribution >= 4 is 17.7 Å².